The van der Waals surface area contributed by atoms with Crippen LogP contribution in [0.25, 0.3) is 11.3 Å². The highest BCUT2D eigenvalue weighted by atomic mass is 16.3. The van der Waals surface area contributed by atoms with Gasteiger partial charge in [-0.05, 0) is 0 Å². The van der Waals surface area contributed by atoms with Gasteiger partial charge in [-0.1, -0.05) is 0 Å². The van der Waals surface area contributed by atoms with E-state index in [1.807, 2.05) is 6.20 Å². The van der Waals surface area contributed by atoms with Gasteiger partial charge in [0.1, 0.15) is 5.82 Å². The Hall–Kier alpha value is -1.82. The fraction of sp³-hybridized carbons (Fsp3) is 0.250. The van der Waals surface area contributed by atoms with E-state index in [-0.39, 0.29) is 6.61 Å². The molecule has 2 aromatic rings. The molecule has 0 saturated carbocycles. The Balaban J connectivity index is 2.24. The van der Waals surface area contributed by atoms with Crippen LogP contribution >= 0.6 is 0 Å². The topological polar surface area (TPSA) is 92.7 Å². The number of nitrogen functional groups attached to an aromatic ring is 1. The zero-order chi connectivity index (χ0) is 9.97. The molecule has 0 aromatic carbocycles. The highest BCUT2D eigenvalue weighted by Crippen LogP contribution is 2.16. The van der Waals surface area contributed by atoms with Crippen LogP contribution in [0.15, 0.2) is 18.5 Å². The fourth-order valence-corrected chi connectivity index (χ4v) is 1.21. The van der Waals surface area contributed by atoms with E-state index >= 15 is 0 Å². The van der Waals surface area contributed by atoms with Crippen LogP contribution in [0.4, 0.5) is 5.82 Å². The second-order valence-corrected chi connectivity index (χ2v) is 2.92. The van der Waals surface area contributed by atoms with Crippen LogP contribution < -0.4 is 5.73 Å². The summed E-state index contributed by atoms with van der Waals surface area (Å²) in [6.07, 6.45) is 3.52. The normalized spacial score (nSPS) is 10.6. The van der Waals surface area contributed by atoms with Crippen LogP contribution in [-0.4, -0.2) is 31.7 Å². The van der Waals surface area contributed by atoms with Crippen molar-refractivity contribution in [3.63, 3.8) is 0 Å². The summed E-state index contributed by atoms with van der Waals surface area (Å²) in [7, 11) is 0. The Morgan fingerprint density at radius 2 is 2.43 bits per heavy atom. The van der Waals surface area contributed by atoms with Crippen molar-refractivity contribution in [2.24, 2.45) is 0 Å². The van der Waals surface area contributed by atoms with Crippen molar-refractivity contribution in [1.29, 1.82) is 0 Å². The third kappa shape index (κ3) is 1.60. The Morgan fingerprint density at radius 1 is 1.57 bits per heavy atom. The minimum absolute atomic E-state index is 0.0756. The molecule has 0 fully saturated rings. The monoisotopic (exact) mass is 193 g/mol. The molecule has 2 heterocycles. The highest BCUT2D eigenvalue weighted by molar-refractivity contribution is 5.59. The molecule has 0 saturated heterocycles. The first-order valence-corrected chi connectivity index (χ1v) is 4.24. The van der Waals surface area contributed by atoms with Gasteiger partial charge < -0.3 is 10.8 Å². The minimum Gasteiger partial charge on any atom is -0.394 e. The number of hydrogen-bond acceptors (Lipinski definition) is 4. The van der Waals surface area contributed by atoms with Crippen molar-refractivity contribution in [2.75, 3.05) is 12.3 Å². The molecule has 0 atom stereocenters. The molecule has 0 bridgehead atoms. The molecule has 0 aliphatic rings. The van der Waals surface area contributed by atoms with Crippen LogP contribution in [0.1, 0.15) is 0 Å². The molecule has 2 aromatic heterocycles. The number of aliphatic hydroxyl groups is 1. The number of aliphatic hydroxyl groups excluding tert-OH is 1. The van der Waals surface area contributed by atoms with E-state index in [2.05, 4.69) is 15.3 Å². The SMILES string of the molecule is Nc1cc(-c2cnn(CCO)c2)[nH]n1. The van der Waals surface area contributed by atoms with Crippen LogP contribution in [0.5, 0.6) is 0 Å². The zero-order valence-electron chi connectivity index (χ0n) is 7.51. The van der Waals surface area contributed by atoms with Gasteiger partial charge >= 0.3 is 0 Å². The van der Waals surface area contributed by atoms with Crippen molar-refractivity contribution in [2.45, 2.75) is 6.54 Å². The smallest absolute Gasteiger partial charge is 0.145 e. The number of nitrogens with zero attached hydrogens (tertiary/aromatic N) is 3. The predicted octanol–water partition coefficient (Wildman–Crippen LogP) is -0.152. The number of anilines is 1. The first-order valence-electron chi connectivity index (χ1n) is 4.24. The first kappa shape index (κ1) is 8.76. The van der Waals surface area contributed by atoms with Gasteiger partial charge in [-0.15, -0.1) is 0 Å². The van der Waals surface area contributed by atoms with Gasteiger partial charge in [0.05, 0.1) is 25.0 Å². The third-order valence-corrected chi connectivity index (χ3v) is 1.87. The molecule has 0 amide bonds. The van der Waals surface area contributed by atoms with Crippen molar-refractivity contribution < 1.29 is 5.11 Å². The summed E-state index contributed by atoms with van der Waals surface area (Å²) < 4.78 is 1.66. The molecule has 2 rings (SSSR count). The number of hydrogen-bond donors (Lipinski definition) is 3. The van der Waals surface area contributed by atoms with E-state index in [0.29, 0.717) is 12.4 Å². The quantitative estimate of drug-likeness (QED) is 0.631. The molecule has 0 aliphatic carbocycles. The van der Waals surface area contributed by atoms with Crippen molar-refractivity contribution in [1.82, 2.24) is 20.0 Å². The average Bonchev–Trinajstić information content (AvgIpc) is 2.74. The molecule has 4 N–H and O–H groups in total. The van der Waals surface area contributed by atoms with Crippen LogP contribution in [-0.2, 0) is 6.54 Å². The van der Waals surface area contributed by atoms with Crippen molar-refractivity contribution >= 4 is 5.82 Å². The van der Waals surface area contributed by atoms with E-state index < -0.39 is 0 Å². The van der Waals surface area contributed by atoms with E-state index in [1.54, 1.807) is 16.9 Å². The maximum atomic E-state index is 8.70. The lowest BCUT2D eigenvalue weighted by Gasteiger charge is -1.93. The van der Waals surface area contributed by atoms with Gasteiger partial charge in [0, 0.05) is 17.8 Å². The molecule has 14 heavy (non-hydrogen) atoms. The first-order chi connectivity index (χ1) is 6.79. The summed E-state index contributed by atoms with van der Waals surface area (Å²) in [4.78, 5) is 0. The van der Waals surface area contributed by atoms with E-state index in [1.165, 1.54) is 0 Å². The zero-order valence-corrected chi connectivity index (χ0v) is 7.51. The standard InChI is InChI=1S/C8H11N5O/c9-8-3-7(11-12-8)6-4-10-13(5-6)1-2-14/h3-5,14H,1-2H2,(H3,9,11,12). The van der Waals surface area contributed by atoms with E-state index in [9.17, 15) is 0 Å². The summed E-state index contributed by atoms with van der Waals surface area (Å²) >= 11 is 0. The lowest BCUT2D eigenvalue weighted by Crippen LogP contribution is -2.01. The second-order valence-electron chi connectivity index (χ2n) is 2.92. The Kier molecular flexibility index (Phi) is 2.19. The van der Waals surface area contributed by atoms with E-state index in [4.69, 9.17) is 10.8 Å². The third-order valence-electron chi connectivity index (χ3n) is 1.87. The predicted molar refractivity (Wildman–Crippen MR) is 51.3 cm³/mol. The van der Waals surface area contributed by atoms with Gasteiger partial charge in [-0.3, -0.25) is 9.78 Å². The van der Waals surface area contributed by atoms with Gasteiger partial charge in [0.15, 0.2) is 0 Å². The average molecular weight is 193 g/mol. The Bertz CT molecular complexity index is 419. The maximum absolute atomic E-state index is 8.70. The van der Waals surface area contributed by atoms with E-state index in [0.717, 1.165) is 11.3 Å². The van der Waals surface area contributed by atoms with Crippen LogP contribution in [0.2, 0.25) is 0 Å². The molecule has 0 unspecified atom stereocenters. The molecule has 6 heteroatoms. The summed E-state index contributed by atoms with van der Waals surface area (Å²) in [6, 6.07) is 1.74. The second kappa shape index (κ2) is 3.51. The Morgan fingerprint density at radius 3 is 3.07 bits per heavy atom. The number of nitrogens with one attached hydrogen (secondary N) is 1. The number of H-pyrrole nitrogens is 1. The number of aromatic amines is 1. The van der Waals surface area contributed by atoms with Gasteiger partial charge in [-0.2, -0.15) is 10.2 Å². The fourth-order valence-electron chi connectivity index (χ4n) is 1.21. The molecular weight excluding hydrogens is 182 g/mol. The van der Waals surface area contributed by atoms with Crippen LogP contribution in [0, 0.1) is 0 Å². The maximum Gasteiger partial charge on any atom is 0.145 e. The summed E-state index contributed by atoms with van der Waals surface area (Å²) in [5.74, 6) is 0.454. The number of nitrogens with two attached hydrogens (primary N) is 1. The summed E-state index contributed by atoms with van der Waals surface area (Å²) in [5.41, 5.74) is 7.20. The highest BCUT2D eigenvalue weighted by Gasteiger charge is 2.03. The molecule has 74 valence electrons. The summed E-state index contributed by atoms with van der Waals surface area (Å²) in [5, 5.41) is 19.4. The summed E-state index contributed by atoms with van der Waals surface area (Å²) in [6.45, 7) is 0.565. The lowest BCUT2D eigenvalue weighted by atomic mass is 10.2. The number of aromatic nitrogens is 4. The molecule has 6 nitrogen and oxygen atoms in total. The molecular formula is C8H11N5O. The van der Waals surface area contributed by atoms with Gasteiger partial charge in [0.25, 0.3) is 0 Å². The lowest BCUT2D eigenvalue weighted by molar-refractivity contribution is 0.269. The minimum atomic E-state index is 0.0756. The molecule has 0 radical (unpaired) electrons. The largest absolute Gasteiger partial charge is 0.394 e. The van der Waals surface area contributed by atoms with Crippen LogP contribution in [0.3, 0.4) is 0 Å². The van der Waals surface area contributed by atoms with Crippen molar-refractivity contribution in [3.05, 3.63) is 18.5 Å². The molecule has 0 aliphatic heterocycles. The van der Waals surface area contributed by atoms with Crippen molar-refractivity contribution in [3.8, 4) is 11.3 Å². The molecule has 0 spiro atoms. The Labute approximate surface area is 80.4 Å². The van der Waals surface area contributed by atoms with Gasteiger partial charge in [0.2, 0.25) is 0 Å². The number of rotatable bonds is 3. The van der Waals surface area contributed by atoms with Gasteiger partial charge in [-0.25, -0.2) is 0 Å².